The summed E-state index contributed by atoms with van der Waals surface area (Å²) in [6.45, 7) is 7.89. The highest BCUT2D eigenvalue weighted by atomic mass is 16.3. The number of aryl methyl sites for hydroxylation is 4. The number of carbonyl (C=O) groups is 1. The fourth-order valence-corrected chi connectivity index (χ4v) is 2.35. The maximum atomic E-state index is 11.7. The van der Waals surface area contributed by atoms with Crippen LogP contribution in [0.15, 0.2) is 22.9 Å². The quantitative estimate of drug-likeness (QED) is 0.772. The van der Waals surface area contributed by atoms with Gasteiger partial charge < -0.3 is 19.6 Å². The molecule has 0 fully saturated rings. The topological polar surface area (TPSA) is 72.1 Å². The fourth-order valence-electron chi connectivity index (χ4n) is 2.35. The highest BCUT2D eigenvalue weighted by molar-refractivity contribution is 5.73. The molecular formula is C16H24N4O2. The Morgan fingerprint density at radius 3 is 2.73 bits per heavy atom. The molecule has 0 unspecified atom stereocenters. The number of hydrogen-bond acceptors (Lipinski definition) is 3. The van der Waals surface area contributed by atoms with E-state index < -0.39 is 0 Å². The van der Waals surface area contributed by atoms with Crippen molar-refractivity contribution in [3.05, 3.63) is 41.4 Å². The monoisotopic (exact) mass is 304 g/mol. The van der Waals surface area contributed by atoms with Crippen molar-refractivity contribution in [2.75, 3.05) is 6.54 Å². The Kier molecular flexibility index (Phi) is 5.63. The highest BCUT2D eigenvalue weighted by Gasteiger charge is 2.06. The number of unbranched alkanes of at least 4 members (excludes halogenated alkanes) is 1. The Morgan fingerprint density at radius 1 is 1.27 bits per heavy atom. The van der Waals surface area contributed by atoms with Gasteiger partial charge in [-0.15, -0.1) is 0 Å². The van der Waals surface area contributed by atoms with E-state index in [9.17, 15) is 4.79 Å². The summed E-state index contributed by atoms with van der Waals surface area (Å²) in [5, 5.41) is 5.71. The second-order valence-electron chi connectivity index (χ2n) is 5.42. The second kappa shape index (κ2) is 7.68. The molecule has 22 heavy (non-hydrogen) atoms. The van der Waals surface area contributed by atoms with E-state index in [-0.39, 0.29) is 6.03 Å². The molecule has 120 valence electrons. The van der Waals surface area contributed by atoms with E-state index in [2.05, 4.69) is 20.2 Å². The van der Waals surface area contributed by atoms with Gasteiger partial charge in [-0.1, -0.05) is 0 Å². The number of rotatable bonds is 7. The zero-order valence-corrected chi connectivity index (χ0v) is 13.5. The standard InChI is InChI=1S/C16H24N4O2/c1-12-10-15(13(2)22-12)11-19-16(21)18-6-4-5-8-20-9-7-17-14(20)3/h7,9-10H,4-6,8,11H2,1-3H3,(H2,18,19,21). The van der Waals surface area contributed by atoms with E-state index in [0.29, 0.717) is 13.1 Å². The number of nitrogens with zero attached hydrogens (tertiary/aromatic N) is 2. The zero-order valence-electron chi connectivity index (χ0n) is 13.5. The third-order valence-electron chi connectivity index (χ3n) is 3.62. The van der Waals surface area contributed by atoms with Gasteiger partial charge in [0.15, 0.2) is 0 Å². The maximum absolute atomic E-state index is 11.7. The first-order chi connectivity index (χ1) is 10.6. The minimum Gasteiger partial charge on any atom is -0.466 e. The Bertz CT molecular complexity index is 615. The van der Waals surface area contributed by atoms with Crippen LogP contribution in [0.25, 0.3) is 0 Å². The largest absolute Gasteiger partial charge is 0.466 e. The van der Waals surface area contributed by atoms with Crippen molar-refractivity contribution in [3.63, 3.8) is 0 Å². The van der Waals surface area contributed by atoms with Crippen LogP contribution in [0.4, 0.5) is 4.79 Å². The molecule has 2 heterocycles. The molecule has 2 N–H and O–H groups in total. The Morgan fingerprint density at radius 2 is 2.09 bits per heavy atom. The molecule has 2 amide bonds. The highest BCUT2D eigenvalue weighted by Crippen LogP contribution is 2.12. The maximum Gasteiger partial charge on any atom is 0.315 e. The van der Waals surface area contributed by atoms with E-state index in [0.717, 1.165) is 42.3 Å². The van der Waals surface area contributed by atoms with Crippen molar-refractivity contribution in [1.82, 2.24) is 20.2 Å². The van der Waals surface area contributed by atoms with Crippen LogP contribution in [0.5, 0.6) is 0 Å². The lowest BCUT2D eigenvalue weighted by Crippen LogP contribution is -2.35. The number of nitrogens with one attached hydrogen (secondary N) is 2. The number of amides is 2. The molecule has 6 heteroatoms. The first-order valence-electron chi connectivity index (χ1n) is 7.61. The first-order valence-corrected chi connectivity index (χ1v) is 7.61. The number of hydrogen-bond donors (Lipinski definition) is 2. The molecule has 2 aromatic heterocycles. The predicted octanol–water partition coefficient (Wildman–Crippen LogP) is 2.68. The Balaban J connectivity index is 1.58. The van der Waals surface area contributed by atoms with Crippen molar-refractivity contribution < 1.29 is 9.21 Å². The van der Waals surface area contributed by atoms with E-state index in [1.165, 1.54) is 0 Å². The van der Waals surface area contributed by atoms with Crippen LogP contribution in [0.1, 0.15) is 35.7 Å². The average molecular weight is 304 g/mol. The Labute approximate surface area is 130 Å². The summed E-state index contributed by atoms with van der Waals surface area (Å²) in [5.74, 6) is 2.74. The molecule has 0 bridgehead atoms. The van der Waals surface area contributed by atoms with Crippen LogP contribution < -0.4 is 10.6 Å². The van der Waals surface area contributed by atoms with Gasteiger partial charge in [0.05, 0.1) is 0 Å². The predicted molar refractivity (Wildman–Crippen MR) is 84.6 cm³/mol. The van der Waals surface area contributed by atoms with Gasteiger partial charge in [0.2, 0.25) is 0 Å². The minimum absolute atomic E-state index is 0.142. The van der Waals surface area contributed by atoms with Crippen LogP contribution >= 0.6 is 0 Å². The van der Waals surface area contributed by atoms with Gasteiger partial charge in [0.1, 0.15) is 17.3 Å². The molecule has 6 nitrogen and oxygen atoms in total. The summed E-state index contributed by atoms with van der Waals surface area (Å²) < 4.78 is 7.54. The molecule has 0 atom stereocenters. The third kappa shape index (κ3) is 4.65. The summed E-state index contributed by atoms with van der Waals surface area (Å²) in [6, 6.07) is 1.81. The lowest BCUT2D eigenvalue weighted by molar-refractivity contribution is 0.240. The van der Waals surface area contributed by atoms with Gasteiger partial charge in [-0.25, -0.2) is 9.78 Å². The molecule has 0 radical (unpaired) electrons. The molecule has 0 aliphatic carbocycles. The molecule has 2 aromatic rings. The van der Waals surface area contributed by atoms with Gasteiger partial charge in [-0.3, -0.25) is 0 Å². The molecule has 2 rings (SSSR count). The molecule has 0 saturated heterocycles. The number of carbonyl (C=O) groups excluding carboxylic acids is 1. The lowest BCUT2D eigenvalue weighted by Gasteiger charge is -2.08. The zero-order chi connectivity index (χ0) is 15.9. The van der Waals surface area contributed by atoms with E-state index in [4.69, 9.17) is 4.42 Å². The molecule has 0 aliphatic heterocycles. The van der Waals surface area contributed by atoms with Crippen molar-refractivity contribution in [3.8, 4) is 0 Å². The third-order valence-corrected chi connectivity index (χ3v) is 3.62. The second-order valence-corrected chi connectivity index (χ2v) is 5.42. The fraction of sp³-hybridized carbons (Fsp3) is 0.500. The van der Waals surface area contributed by atoms with E-state index in [1.807, 2.05) is 33.0 Å². The van der Waals surface area contributed by atoms with Crippen LogP contribution in [-0.2, 0) is 13.1 Å². The normalized spacial score (nSPS) is 10.7. The van der Waals surface area contributed by atoms with Crippen molar-refractivity contribution in [1.29, 1.82) is 0 Å². The van der Waals surface area contributed by atoms with Gasteiger partial charge in [0.25, 0.3) is 0 Å². The summed E-state index contributed by atoms with van der Waals surface area (Å²) >= 11 is 0. The Hall–Kier alpha value is -2.24. The molecule has 0 spiro atoms. The van der Waals surface area contributed by atoms with E-state index >= 15 is 0 Å². The SMILES string of the molecule is Cc1cc(CNC(=O)NCCCCn2ccnc2C)c(C)o1. The molecular weight excluding hydrogens is 280 g/mol. The van der Waals surface area contributed by atoms with Crippen molar-refractivity contribution in [2.24, 2.45) is 0 Å². The summed E-state index contributed by atoms with van der Waals surface area (Å²) in [6.07, 6.45) is 5.73. The van der Waals surface area contributed by atoms with Crippen molar-refractivity contribution in [2.45, 2.75) is 46.7 Å². The minimum atomic E-state index is -0.142. The van der Waals surface area contributed by atoms with Crippen LogP contribution in [0, 0.1) is 20.8 Å². The number of urea groups is 1. The number of aromatic nitrogens is 2. The summed E-state index contributed by atoms with van der Waals surface area (Å²) in [7, 11) is 0. The lowest BCUT2D eigenvalue weighted by atomic mass is 10.2. The number of imidazole rings is 1. The van der Waals surface area contributed by atoms with E-state index in [1.54, 1.807) is 6.20 Å². The van der Waals surface area contributed by atoms with Crippen LogP contribution in [-0.4, -0.2) is 22.1 Å². The van der Waals surface area contributed by atoms with Gasteiger partial charge in [0, 0.05) is 37.6 Å². The summed E-state index contributed by atoms with van der Waals surface area (Å²) in [4.78, 5) is 15.9. The molecule has 0 aromatic carbocycles. The molecule has 0 aliphatic rings. The van der Waals surface area contributed by atoms with Crippen LogP contribution in [0.3, 0.4) is 0 Å². The van der Waals surface area contributed by atoms with Gasteiger partial charge >= 0.3 is 6.03 Å². The molecule has 0 saturated carbocycles. The van der Waals surface area contributed by atoms with Gasteiger partial charge in [-0.05, 0) is 39.7 Å². The van der Waals surface area contributed by atoms with Gasteiger partial charge in [-0.2, -0.15) is 0 Å². The average Bonchev–Trinajstić information content (AvgIpc) is 3.02. The smallest absolute Gasteiger partial charge is 0.315 e. The van der Waals surface area contributed by atoms with Crippen LogP contribution in [0.2, 0.25) is 0 Å². The summed E-state index contributed by atoms with van der Waals surface area (Å²) in [5.41, 5.74) is 1.02. The first kappa shape index (κ1) is 16.1. The van der Waals surface area contributed by atoms with Crippen molar-refractivity contribution >= 4 is 6.03 Å². The number of furan rings is 1.